The Morgan fingerprint density at radius 2 is 2.24 bits per heavy atom. The molecule has 1 unspecified atom stereocenters. The third kappa shape index (κ3) is 2.63. The highest BCUT2D eigenvalue weighted by Gasteiger charge is 2.24. The normalized spacial score (nSPS) is 18.5. The topological polar surface area (TPSA) is 15.3 Å². The molecule has 0 saturated carbocycles. The van der Waals surface area contributed by atoms with Crippen LogP contribution < -0.4 is 10.2 Å². The van der Waals surface area contributed by atoms with Gasteiger partial charge >= 0.3 is 0 Å². The minimum Gasteiger partial charge on any atom is -0.369 e. The van der Waals surface area contributed by atoms with E-state index in [2.05, 4.69) is 42.3 Å². The Kier molecular flexibility index (Phi) is 4.06. The number of nitrogens with zero attached hydrogens (tertiary/aromatic N) is 1. The summed E-state index contributed by atoms with van der Waals surface area (Å²) in [6, 6.07) is 7.70. The highest BCUT2D eigenvalue weighted by Crippen LogP contribution is 2.32. The second kappa shape index (κ2) is 5.54. The first-order chi connectivity index (χ1) is 8.26. The van der Waals surface area contributed by atoms with Crippen molar-refractivity contribution >= 4 is 5.69 Å². The molecule has 1 aliphatic heterocycles. The zero-order chi connectivity index (χ0) is 12.3. The number of benzene rings is 1. The highest BCUT2D eigenvalue weighted by atomic mass is 15.2. The van der Waals surface area contributed by atoms with Crippen LogP contribution in [-0.2, 0) is 12.8 Å². The third-order valence-corrected chi connectivity index (χ3v) is 3.73. The number of hydrogen-bond donors (Lipinski definition) is 1. The van der Waals surface area contributed by atoms with Gasteiger partial charge in [0, 0.05) is 18.3 Å². The molecule has 1 heterocycles. The molecule has 1 atom stereocenters. The van der Waals surface area contributed by atoms with Crippen LogP contribution in [0.3, 0.4) is 0 Å². The summed E-state index contributed by atoms with van der Waals surface area (Å²) in [5, 5.41) is 3.21. The summed E-state index contributed by atoms with van der Waals surface area (Å²) in [6.45, 7) is 6.79. The Bertz CT molecular complexity index is 373. The number of rotatable bonds is 5. The fourth-order valence-electron chi connectivity index (χ4n) is 2.86. The van der Waals surface area contributed by atoms with Crippen molar-refractivity contribution in [2.24, 2.45) is 0 Å². The molecule has 0 aliphatic carbocycles. The van der Waals surface area contributed by atoms with Gasteiger partial charge in [0.05, 0.1) is 0 Å². The van der Waals surface area contributed by atoms with Crippen molar-refractivity contribution in [3.05, 3.63) is 29.3 Å². The summed E-state index contributed by atoms with van der Waals surface area (Å²) < 4.78 is 0. The van der Waals surface area contributed by atoms with Gasteiger partial charge in [-0.25, -0.2) is 0 Å². The van der Waals surface area contributed by atoms with Crippen molar-refractivity contribution in [3.8, 4) is 0 Å². The van der Waals surface area contributed by atoms with Gasteiger partial charge in [0.15, 0.2) is 0 Å². The standard InChI is InChI=1S/C15H24N2/c1-4-17-12(2)10-14-11-13(6-5-9-16-3)7-8-15(14)17/h7-8,11-12,16H,4-6,9-10H2,1-3H3. The molecule has 1 aromatic carbocycles. The zero-order valence-electron chi connectivity index (χ0n) is 11.3. The molecule has 0 fully saturated rings. The van der Waals surface area contributed by atoms with Crippen LogP contribution in [0.25, 0.3) is 0 Å². The van der Waals surface area contributed by atoms with E-state index in [9.17, 15) is 0 Å². The Morgan fingerprint density at radius 1 is 1.41 bits per heavy atom. The van der Waals surface area contributed by atoms with Crippen LogP contribution in [0.4, 0.5) is 5.69 Å². The fraction of sp³-hybridized carbons (Fsp3) is 0.600. The van der Waals surface area contributed by atoms with E-state index in [1.54, 1.807) is 5.56 Å². The lowest BCUT2D eigenvalue weighted by molar-refractivity contribution is 0.690. The number of likely N-dealkylation sites (N-methyl/N-ethyl adjacent to an activating group) is 1. The zero-order valence-corrected chi connectivity index (χ0v) is 11.3. The molecule has 2 nitrogen and oxygen atoms in total. The minimum absolute atomic E-state index is 0.669. The van der Waals surface area contributed by atoms with E-state index >= 15 is 0 Å². The monoisotopic (exact) mass is 232 g/mol. The Morgan fingerprint density at radius 3 is 2.94 bits per heavy atom. The van der Waals surface area contributed by atoms with Gasteiger partial charge in [-0.1, -0.05) is 12.1 Å². The van der Waals surface area contributed by atoms with E-state index in [1.165, 1.54) is 30.5 Å². The molecule has 2 rings (SSSR count). The van der Waals surface area contributed by atoms with Crippen LogP contribution in [0.15, 0.2) is 18.2 Å². The quantitative estimate of drug-likeness (QED) is 0.785. The highest BCUT2D eigenvalue weighted by molar-refractivity contribution is 5.60. The van der Waals surface area contributed by atoms with Gasteiger partial charge in [0.1, 0.15) is 0 Å². The van der Waals surface area contributed by atoms with Crippen LogP contribution in [0, 0.1) is 0 Å². The average Bonchev–Trinajstić information content (AvgIpc) is 2.64. The Balaban J connectivity index is 2.08. The molecule has 0 radical (unpaired) electrons. The summed E-state index contributed by atoms with van der Waals surface area (Å²) in [5.74, 6) is 0. The first-order valence-electron chi connectivity index (χ1n) is 6.79. The van der Waals surface area contributed by atoms with Gasteiger partial charge in [0.25, 0.3) is 0 Å². The summed E-state index contributed by atoms with van der Waals surface area (Å²) in [7, 11) is 2.02. The largest absolute Gasteiger partial charge is 0.369 e. The molecule has 0 saturated heterocycles. The molecule has 1 aliphatic rings. The molecule has 94 valence electrons. The molecule has 1 aromatic rings. The summed E-state index contributed by atoms with van der Waals surface area (Å²) in [4.78, 5) is 2.51. The smallest absolute Gasteiger partial charge is 0.0402 e. The molecular weight excluding hydrogens is 208 g/mol. The molecule has 0 spiro atoms. The maximum absolute atomic E-state index is 3.21. The van der Waals surface area contributed by atoms with Gasteiger partial charge in [0.2, 0.25) is 0 Å². The fourth-order valence-corrected chi connectivity index (χ4v) is 2.86. The van der Waals surface area contributed by atoms with E-state index in [0.29, 0.717) is 6.04 Å². The molecule has 0 amide bonds. The van der Waals surface area contributed by atoms with E-state index in [0.717, 1.165) is 13.1 Å². The summed E-state index contributed by atoms with van der Waals surface area (Å²) in [5.41, 5.74) is 4.49. The van der Waals surface area contributed by atoms with Crippen molar-refractivity contribution < 1.29 is 0 Å². The lowest BCUT2D eigenvalue weighted by Gasteiger charge is -2.22. The lowest BCUT2D eigenvalue weighted by Crippen LogP contribution is -2.28. The number of hydrogen-bond acceptors (Lipinski definition) is 2. The molecule has 0 aromatic heterocycles. The van der Waals surface area contributed by atoms with Crippen LogP contribution in [-0.4, -0.2) is 26.2 Å². The Labute approximate surface area is 105 Å². The third-order valence-electron chi connectivity index (χ3n) is 3.73. The van der Waals surface area contributed by atoms with Gasteiger partial charge in [-0.05, 0) is 63.9 Å². The van der Waals surface area contributed by atoms with Gasteiger partial charge in [-0.2, -0.15) is 0 Å². The maximum atomic E-state index is 3.21. The molecular formula is C15H24N2. The predicted molar refractivity (Wildman–Crippen MR) is 74.9 cm³/mol. The van der Waals surface area contributed by atoms with Crippen molar-refractivity contribution in [1.82, 2.24) is 5.32 Å². The van der Waals surface area contributed by atoms with Gasteiger partial charge in [-0.3, -0.25) is 0 Å². The predicted octanol–water partition coefficient (Wildman–Crippen LogP) is 2.61. The lowest BCUT2D eigenvalue weighted by atomic mass is 10.0. The maximum Gasteiger partial charge on any atom is 0.0402 e. The Hall–Kier alpha value is -1.02. The molecule has 2 heteroatoms. The van der Waals surface area contributed by atoms with Crippen LogP contribution in [0.1, 0.15) is 31.4 Å². The number of anilines is 1. The van der Waals surface area contributed by atoms with Crippen LogP contribution in [0.5, 0.6) is 0 Å². The average molecular weight is 232 g/mol. The number of nitrogens with one attached hydrogen (secondary N) is 1. The van der Waals surface area contributed by atoms with E-state index in [1.807, 2.05) is 7.05 Å². The van der Waals surface area contributed by atoms with Crippen molar-refractivity contribution in [1.29, 1.82) is 0 Å². The molecule has 0 bridgehead atoms. The second-order valence-electron chi connectivity index (χ2n) is 5.01. The first-order valence-corrected chi connectivity index (χ1v) is 6.79. The molecule has 1 N–H and O–H groups in total. The van der Waals surface area contributed by atoms with Crippen LogP contribution in [0.2, 0.25) is 0 Å². The van der Waals surface area contributed by atoms with Gasteiger partial charge in [-0.15, -0.1) is 0 Å². The number of aryl methyl sites for hydroxylation is 1. The van der Waals surface area contributed by atoms with E-state index < -0.39 is 0 Å². The second-order valence-corrected chi connectivity index (χ2v) is 5.01. The van der Waals surface area contributed by atoms with Crippen LogP contribution >= 0.6 is 0 Å². The first kappa shape index (κ1) is 12.4. The number of fused-ring (bicyclic) bond motifs is 1. The SMILES string of the molecule is CCN1c2ccc(CCCNC)cc2CC1C. The summed E-state index contributed by atoms with van der Waals surface area (Å²) >= 11 is 0. The van der Waals surface area contributed by atoms with Crippen molar-refractivity contribution in [2.45, 2.75) is 39.2 Å². The van der Waals surface area contributed by atoms with Crippen molar-refractivity contribution in [2.75, 3.05) is 25.0 Å². The summed E-state index contributed by atoms with van der Waals surface area (Å²) in [6.07, 6.45) is 3.62. The minimum atomic E-state index is 0.669. The van der Waals surface area contributed by atoms with Crippen molar-refractivity contribution in [3.63, 3.8) is 0 Å². The van der Waals surface area contributed by atoms with Gasteiger partial charge < -0.3 is 10.2 Å². The van der Waals surface area contributed by atoms with E-state index in [-0.39, 0.29) is 0 Å². The van der Waals surface area contributed by atoms with E-state index in [4.69, 9.17) is 0 Å². The molecule has 17 heavy (non-hydrogen) atoms.